The zero-order valence-electron chi connectivity index (χ0n) is 13.4. The van der Waals surface area contributed by atoms with Gasteiger partial charge < -0.3 is 5.73 Å². The molecule has 2 N–H and O–H groups in total. The van der Waals surface area contributed by atoms with Gasteiger partial charge in [-0.1, -0.05) is 23.9 Å². The number of nitro benzene ring substituents is 1. The van der Waals surface area contributed by atoms with Crippen molar-refractivity contribution in [1.82, 2.24) is 4.98 Å². The average molecular weight is 385 g/mol. The van der Waals surface area contributed by atoms with Crippen LogP contribution in [-0.2, 0) is 0 Å². The lowest BCUT2D eigenvalue weighted by molar-refractivity contribution is -0.384. The van der Waals surface area contributed by atoms with Crippen LogP contribution in [-0.4, -0.2) is 27.7 Å². The number of nitriles is 2. The number of anilines is 1. The summed E-state index contributed by atoms with van der Waals surface area (Å²) in [5.41, 5.74) is 6.10. The van der Waals surface area contributed by atoms with Crippen LogP contribution < -0.4 is 5.73 Å². The molecule has 1 heterocycles. The van der Waals surface area contributed by atoms with Crippen molar-refractivity contribution in [3.63, 3.8) is 0 Å². The van der Waals surface area contributed by atoms with E-state index in [0.29, 0.717) is 4.90 Å². The molecule has 130 valence electrons. The molecule has 2 rings (SSSR count). The Labute approximate surface area is 157 Å². The summed E-state index contributed by atoms with van der Waals surface area (Å²) < 4.78 is 0. The fraction of sp³-hybridized carbons (Fsp3) is 0.125. The Bertz CT molecular complexity index is 979. The van der Waals surface area contributed by atoms with E-state index >= 15 is 0 Å². The lowest BCUT2D eigenvalue weighted by Gasteiger charge is -2.10. The molecule has 1 aromatic heterocycles. The lowest BCUT2D eigenvalue weighted by atomic mass is 10.1. The number of ketones is 1. The molecule has 0 aliphatic heterocycles. The second-order valence-corrected chi connectivity index (χ2v) is 6.61. The molecule has 26 heavy (non-hydrogen) atoms. The summed E-state index contributed by atoms with van der Waals surface area (Å²) in [4.78, 5) is 27.0. The zero-order valence-corrected chi connectivity index (χ0v) is 15.1. The molecule has 0 radical (unpaired) electrons. The van der Waals surface area contributed by atoms with Gasteiger partial charge in [0.1, 0.15) is 28.5 Å². The SMILES string of the molecule is CSc1c(C#N)c(N)nc(SCC(=O)c2cccc([N+](=O)[O-])c2)c1C#N. The predicted molar refractivity (Wildman–Crippen MR) is 98.0 cm³/mol. The second-order valence-electron chi connectivity index (χ2n) is 4.83. The highest BCUT2D eigenvalue weighted by Crippen LogP contribution is 2.34. The average Bonchev–Trinajstić information content (AvgIpc) is 2.65. The van der Waals surface area contributed by atoms with E-state index in [2.05, 4.69) is 4.98 Å². The maximum atomic E-state index is 12.3. The highest BCUT2D eigenvalue weighted by atomic mass is 32.2. The van der Waals surface area contributed by atoms with Gasteiger partial charge in [0.05, 0.1) is 16.2 Å². The van der Waals surface area contributed by atoms with Gasteiger partial charge in [0.2, 0.25) is 0 Å². The minimum absolute atomic E-state index is 0.0128. The molecule has 0 aliphatic rings. The molecule has 10 heteroatoms. The van der Waals surface area contributed by atoms with Gasteiger partial charge in [0, 0.05) is 22.6 Å². The number of carbonyl (C=O) groups excluding carboxylic acids is 1. The number of aromatic nitrogens is 1. The Hall–Kier alpha value is -3.08. The summed E-state index contributed by atoms with van der Waals surface area (Å²) in [5, 5.41) is 29.6. The lowest BCUT2D eigenvalue weighted by Crippen LogP contribution is -2.06. The van der Waals surface area contributed by atoms with E-state index in [0.717, 1.165) is 11.8 Å². The molecule has 0 bridgehead atoms. The molecule has 0 saturated heterocycles. The van der Waals surface area contributed by atoms with Crippen molar-refractivity contribution in [3.05, 3.63) is 51.1 Å². The zero-order chi connectivity index (χ0) is 19.3. The first-order valence-electron chi connectivity index (χ1n) is 7.01. The van der Waals surface area contributed by atoms with Gasteiger partial charge in [-0.15, -0.1) is 11.8 Å². The number of nitrogens with two attached hydrogens (primary N) is 1. The predicted octanol–water partition coefficient (Wildman–Crippen LogP) is 3.01. The van der Waals surface area contributed by atoms with E-state index in [1.54, 1.807) is 6.26 Å². The number of benzene rings is 1. The van der Waals surface area contributed by atoms with Gasteiger partial charge in [-0.2, -0.15) is 10.5 Å². The van der Waals surface area contributed by atoms with Crippen molar-refractivity contribution in [3.8, 4) is 12.1 Å². The number of carbonyl (C=O) groups is 1. The number of thioether (sulfide) groups is 2. The maximum Gasteiger partial charge on any atom is 0.270 e. The fourth-order valence-electron chi connectivity index (χ4n) is 2.09. The third-order valence-electron chi connectivity index (χ3n) is 3.29. The van der Waals surface area contributed by atoms with Crippen LogP contribution in [0.1, 0.15) is 21.5 Å². The minimum Gasteiger partial charge on any atom is -0.383 e. The summed E-state index contributed by atoms with van der Waals surface area (Å²) in [6.45, 7) is 0. The van der Waals surface area contributed by atoms with E-state index in [1.165, 1.54) is 36.0 Å². The number of hydrogen-bond donors (Lipinski definition) is 1. The van der Waals surface area contributed by atoms with Gasteiger partial charge in [-0.05, 0) is 6.26 Å². The normalized spacial score (nSPS) is 9.96. The topological polar surface area (TPSA) is 147 Å². The van der Waals surface area contributed by atoms with E-state index in [9.17, 15) is 25.4 Å². The summed E-state index contributed by atoms with van der Waals surface area (Å²) in [6, 6.07) is 9.32. The van der Waals surface area contributed by atoms with Crippen LogP contribution in [0.3, 0.4) is 0 Å². The number of Topliss-reactive ketones (excluding diaryl/α,β-unsaturated/α-hetero) is 1. The van der Waals surface area contributed by atoms with Crippen LogP contribution >= 0.6 is 23.5 Å². The molecular formula is C16H11N5O3S2. The van der Waals surface area contributed by atoms with Crippen molar-refractivity contribution < 1.29 is 9.72 Å². The van der Waals surface area contributed by atoms with Gasteiger partial charge in [-0.3, -0.25) is 14.9 Å². The van der Waals surface area contributed by atoms with E-state index < -0.39 is 4.92 Å². The van der Waals surface area contributed by atoms with Crippen LogP contribution in [0, 0.1) is 32.8 Å². The summed E-state index contributed by atoms with van der Waals surface area (Å²) in [6.07, 6.45) is 1.71. The van der Waals surface area contributed by atoms with Gasteiger partial charge in [0.15, 0.2) is 5.78 Å². The Morgan fingerprint density at radius 3 is 2.62 bits per heavy atom. The number of nitrogens with zero attached hydrogens (tertiary/aromatic N) is 4. The number of rotatable bonds is 6. The van der Waals surface area contributed by atoms with E-state index in [4.69, 9.17) is 5.73 Å². The van der Waals surface area contributed by atoms with Gasteiger partial charge in [0.25, 0.3) is 5.69 Å². The number of nitrogen functional groups attached to an aromatic ring is 1. The van der Waals surface area contributed by atoms with Crippen molar-refractivity contribution in [1.29, 1.82) is 10.5 Å². The number of nitro groups is 1. The van der Waals surface area contributed by atoms with Crippen LogP contribution in [0.25, 0.3) is 0 Å². The summed E-state index contributed by atoms with van der Waals surface area (Å²) >= 11 is 2.19. The maximum absolute atomic E-state index is 12.3. The molecular weight excluding hydrogens is 374 g/mol. The monoisotopic (exact) mass is 385 g/mol. The number of hydrogen-bond acceptors (Lipinski definition) is 9. The van der Waals surface area contributed by atoms with Crippen LogP contribution in [0.4, 0.5) is 11.5 Å². The molecule has 0 saturated carbocycles. The highest BCUT2D eigenvalue weighted by Gasteiger charge is 2.20. The third-order valence-corrected chi connectivity index (χ3v) is 5.08. The van der Waals surface area contributed by atoms with Crippen molar-refractivity contribution >= 4 is 40.8 Å². The first-order chi connectivity index (χ1) is 12.4. The molecule has 0 amide bonds. The first-order valence-corrected chi connectivity index (χ1v) is 9.22. The van der Waals surface area contributed by atoms with Crippen molar-refractivity contribution in [2.45, 2.75) is 9.92 Å². The minimum atomic E-state index is -0.578. The highest BCUT2D eigenvalue weighted by molar-refractivity contribution is 8.00. The number of pyridine rings is 1. The fourth-order valence-corrected chi connectivity index (χ4v) is 3.74. The van der Waals surface area contributed by atoms with Crippen LogP contribution in [0.5, 0.6) is 0 Å². The molecule has 0 atom stereocenters. The van der Waals surface area contributed by atoms with Gasteiger partial charge >= 0.3 is 0 Å². The third kappa shape index (κ3) is 3.94. The molecule has 0 unspecified atom stereocenters. The molecule has 1 aromatic carbocycles. The Morgan fingerprint density at radius 2 is 2.04 bits per heavy atom. The molecule has 0 spiro atoms. The summed E-state index contributed by atoms with van der Waals surface area (Å²) in [5.74, 6) is -0.443. The Balaban J connectivity index is 2.30. The van der Waals surface area contributed by atoms with Crippen molar-refractivity contribution in [2.75, 3.05) is 17.7 Å². The molecule has 2 aromatic rings. The Kier molecular flexibility index (Phi) is 6.17. The first kappa shape index (κ1) is 19.2. The quantitative estimate of drug-likeness (QED) is 0.343. The van der Waals surface area contributed by atoms with Crippen LogP contribution in [0.15, 0.2) is 34.2 Å². The summed E-state index contributed by atoms with van der Waals surface area (Å²) in [7, 11) is 0. The smallest absolute Gasteiger partial charge is 0.270 e. The van der Waals surface area contributed by atoms with Crippen molar-refractivity contribution in [2.24, 2.45) is 0 Å². The largest absolute Gasteiger partial charge is 0.383 e. The standard InChI is InChI=1S/C16H11N5O3S2/c1-25-14-11(6-17)15(19)20-16(12(14)7-18)26-8-13(22)9-3-2-4-10(5-9)21(23)24/h2-5H,8H2,1H3,(H2,19,20). The molecule has 0 aliphatic carbocycles. The number of non-ortho nitro benzene ring substituents is 1. The van der Waals surface area contributed by atoms with Gasteiger partial charge in [-0.25, -0.2) is 4.98 Å². The molecule has 0 fully saturated rings. The van der Waals surface area contributed by atoms with E-state index in [-0.39, 0.29) is 44.8 Å². The molecule has 8 nitrogen and oxygen atoms in total. The Morgan fingerprint density at radius 1 is 1.35 bits per heavy atom. The second kappa shape index (κ2) is 8.34. The van der Waals surface area contributed by atoms with E-state index in [1.807, 2.05) is 12.1 Å². The van der Waals surface area contributed by atoms with Crippen LogP contribution in [0.2, 0.25) is 0 Å².